The zero-order valence-corrected chi connectivity index (χ0v) is 17.3. The van der Waals surface area contributed by atoms with Crippen LogP contribution in [0.2, 0.25) is 0 Å². The zero-order chi connectivity index (χ0) is 21.0. The van der Waals surface area contributed by atoms with Crippen molar-refractivity contribution < 1.29 is 22.7 Å². The molecule has 1 aliphatic rings. The smallest absolute Gasteiger partial charge is 0.269 e. The van der Waals surface area contributed by atoms with Crippen LogP contribution in [0.15, 0.2) is 53.6 Å². The summed E-state index contributed by atoms with van der Waals surface area (Å²) >= 11 is 0. The van der Waals surface area contributed by atoms with Crippen LogP contribution in [0.25, 0.3) is 0 Å². The maximum atomic E-state index is 12.6. The maximum Gasteiger partial charge on any atom is 0.269 e. The van der Waals surface area contributed by atoms with Crippen molar-refractivity contribution >= 4 is 27.3 Å². The Hall–Kier alpha value is -2.91. The minimum atomic E-state index is -3.39. The van der Waals surface area contributed by atoms with Crippen LogP contribution in [0, 0.1) is 0 Å². The fraction of sp³-hybridized carbons (Fsp3) is 0.300. The van der Waals surface area contributed by atoms with Gasteiger partial charge >= 0.3 is 0 Å². The number of methoxy groups -OCH3 is 2. The van der Waals surface area contributed by atoms with E-state index in [-0.39, 0.29) is 18.6 Å². The van der Waals surface area contributed by atoms with Gasteiger partial charge in [0.2, 0.25) is 10.0 Å². The van der Waals surface area contributed by atoms with Crippen LogP contribution < -0.4 is 9.46 Å². The quantitative estimate of drug-likeness (QED) is 0.746. The molecule has 0 radical (unpaired) electrons. The summed E-state index contributed by atoms with van der Waals surface area (Å²) in [6, 6.07) is 14.1. The van der Waals surface area contributed by atoms with Crippen LogP contribution in [0.3, 0.4) is 0 Å². The van der Waals surface area contributed by atoms with E-state index in [0.29, 0.717) is 17.8 Å². The van der Waals surface area contributed by atoms with Crippen molar-refractivity contribution in [3.8, 4) is 5.75 Å². The topological polar surface area (TPSA) is 97.3 Å². The molecular weight excluding hydrogens is 394 g/mol. The van der Waals surface area contributed by atoms with Crippen LogP contribution in [0.4, 0.5) is 5.69 Å². The third kappa shape index (κ3) is 5.12. The third-order valence-corrected chi connectivity index (χ3v) is 5.04. The Morgan fingerprint density at radius 3 is 2.55 bits per heavy atom. The number of sulfonamides is 1. The van der Waals surface area contributed by atoms with Gasteiger partial charge in [0.15, 0.2) is 0 Å². The Bertz CT molecular complexity index is 1020. The largest absolute Gasteiger partial charge is 0.497 e. The minimum Gasteiger partial charge on any atom is -0.497 e. The van der Waals surface area contributed by atoms with E-state index in [4.69, 9.17) is 9.47 Å². The predicted molar refractivity (Wildman–Crippen MR) is 111 cm³/mol. The van der Waals surface area contributed by atoms with Gasteiger partial charge in [-0.1, -0.05) is 24.3 Å². The molecule has 0 spiro atoms. The summed E-state index contributed by atoms with van der Waals surface area (Å²) in [5.74, 6) is 0.468. The second-order valence-electron chi connectivity index (χ2n) is 6.67. The average molecular weight is 417 g/mol. The van der Waals surface area contributed by atoms with Crippen molar-refractivity contribution in [2.75, 3.05) is 31.8 Å². The molecule has 0 unspecified atom stereocenters. The lowest BCUT2D eigenvalue weighted by Gasteiger charge is -2.21. The summed E-state index contributed by atoms with van der Waals surface area (Å²) in [6.07, 6.45) is 1.59. The van der Waals surface area contributed by atoms with Gasteiger partial charge in [0.25, 0.3) is 5.91 Å². The second-order valence-corrected chi connectivity index (χ2v) is 8.41. The van der Waals surface area contributed by atoms with Gasteiger partial charge in [-0.3, -0.25) is 9.52 Å². The number of hydrogen-bond acceptors (Lipinski definition) is 6. The first kappa shape index (κ1) is 20.8. The monoisotopic (exact) mass is 417 g/mol. The zero-order valence-electron chi connectivity index (χ0n) is 16.5. The fourth-order valence-electron chi connectivity index (χ4n) is 3.17. The van der Waals surface area contributed by atoms with E-state index in [1.807, 2.05) is 30.3 Å². The molecule has 0 bridgehead atoms. The number of anilines is 1. The average Bonchev–Trinajstić information content (AvgIpc) is 3.13. The van der Waals surface area contributed by atoms with Gasteiger partial charge in [0.1, 0.15) is 12.4 Å². The fourth-order valence-corrected chi connectivity index (χ4v) is 3.72. The van der Waals surface area contributed by atoms with Gasteiger partial charge < -0.3 is 9.47 Å². The summed E-state index contributed by atoms with van der Waals surface area (Å²) in [4.78, 5) is 12.6. The van der Waals surface area contributed by atoms with E-state index in [1.54, 1.807) is 25.3 Å². The summed E-state index contributed by atoms with van der Waals surface area (Å²) in [5, 5.41) is 5.95. The minimum absolute atomic E-state index is 0.0842. The van der Waals surface area contributed by atoms with E-state index < -0.39 is 10.0 Å². The number of amides is 1. The number of benzene rings is 2. The highest BCUT2D eigenvalue weighted by Gasteiger charge is 2.33. The van der Waals surface area contributed by atoms with E-state index in [2.05, 4.69) is 9.82 Å². The number of hydrazone groups is 1. The van der Waals surface area contributed by atoms with Crippen LogP contribution >= 0.6 is 0 Å². The molecule has 0 saturated carbocycles. The lowest BCUT2D eigenvalue weighted by atomic mass is 9.98. The van der Waals surface area contributed by atoms with Crippen molar-refractivity contribution in [1.82, 2.24) is 5.01 Å². The van der Waals surface area contributed by atoms with Crippen molar-refractivity contribution in [3.63, 3.8) is 0 Å². The van der Waals surface area contributed by atoms with E-state index >= 15 is 0 Å². The van der Waals surface area contributed by atoms with Crippen molar-refractivity contribution in [2.45, 2.75) is 12.5 Å². The van der Waals surface area contributed by atoms with Crippen molar-refractivity contribution in [2.24, 2.45) is 5.10 Å². The highest BCUT2D eigenvalue weighted by atomic mass is 32.2. The molecule has 0 fully saturated rings. The molecule has 1 heterocycles. The van der Waals surface area contributed by atoms with Crippen LogP contribution in [0.1, 0.15) is 23.6 Å². The molecule has 3 rings (SSSR count). The molecule has 9 heteroatoms. The number of ether oxygens (including phenoxy) is 2. The molecule has 0 saturated heterocycles. The Morgan fingerprint density at radius 2 is 1.93 bits per heavy atom. The van der Waals surface area contributed by atoms with E-state index in [0.717, 1.165) is 23.1 Å². The van der Waals surface area contributed by atoms with Gasteiger partial charge in [-0.25, -0.2) is 13.4 Å². The SMILES string of the molecule is COCC(=O)N1N=C(c2cccc(NS(C)(=O)=O)c2)C[C@@H]1c1ccc(OC)cc1. The first-order valence-corrected chi connectivity index (χ1v) is 10.8. The van der Waals surface area contributed by atoms with Gasteiger partial charge in [0, 0.05) is 19.2 Å². The molecule has 1 N–H and O–H groups in total. The van der Waals surface area contributed by atoms with Crippen LogP contribution in [-0.4, -0.2) is 52.1 Å². The number of rotatable bonds is 7. The number of nitrogens with zero attached hydrogens (tertiary/aromatic N) is 2. The standard InChI is InChI=1S/C20H23N3O5S/c1-27-13-20(24)23-19(14-7-9-17(28-2)10-8-14)12-18(21-23)15-5-4-6-16(11-15)22-29(3,25)26/h4-11,19,22H,12-13H2,1-3H3/t19-/m1/s1. The molecule has 0 aromatic heterocycles. The highest BCUT2D eigenvalue weighted by molar-refractivity contribution is 7.92. The Kier molecular flexibility index (Phi) is 6.19. The van der Waals surface area contributed by atoms with Crippen molar-refractivity contribution in [3.05, 3.63) is 59.7 Å². The molecule has 154 valence electrons. The Balaban J connectivity index is 1.92. The normalized spacial score (nSPS) is 16.4. The Morgan fingerprint density at radius 1 is 1.21 bits per heavy atom. The maximum absolute atomic E-state index is 12.6. The molecule has 29 heavy (non-hydrogen) atoms. The molecule has 1 atom stereocenters. The van der Waals surface area contributed by atoms with Gasteiger partial charge in [0.05, 0.1) is 25.1 Å². The van der Waals surface area contributed by atoms with Gasteiger partial charge in [-0.05, 0) is 35.4 Å². The summed E-state index contributed by atoms with van der Waals surface area (Å²) in [6.45, 7) is -0.0842. The Labute approximate surface area is 170 Å². The molecule has 8 nitrogen and oxygen atoms in total. The molecule has 2 aromatic carbocycles. The number of hydrogen-bond donors (Lipinski definition) is 1. The number of carbonyl (C=O) groups is 1. The molecule has 0 aliphatic carbocycles. The first-order chi connectivity index (χ1) is 13.8. The lowest BCUT2D eigenvalue weighted by molar-refractivity contribution is -0.137. The molecular formula is C20H23N3O5S. The summed E-state index contributed by atoms with van der Waals surface area (Å²) in [7, 11) is -0.338. The first-order valence-electron chi connectivity index (χ1n) is 8.91. The lowest BCUT2D eigenvalue weighted by Crippen LogP contribution is -2.30. The van der Waals surface area contributed by atoms with Crippen LogP contribution in [0.5, 0.6) is 5.75 Å². The molecule has 2 aromatic rings. The van der Waals surface area contributed by atoms with Gasteiger partial charge in [-0.2, -0.15) is 5.10 Å². The summed E-state index contributed by atoms with van der Waals surface area (Å²) in [5.41, 5.74) is 2.78. The molecule has 1 amide bonds. The van der Waals surface area contributed by atoms with Gasteiger partial charge in [-0.15, -0.1) is 0 Å². The van der Waals surface area contributed by atoms with Crippen molar-refractivity contribution in [1.29, 1.82) is 0 Å². The summed E-state index contributed by atoms with van der Waals surface area (Å²) < 4.78 is 35.7. The molecule has 1 aliphatic heterocycles. The second kappa shape index (κ2) is 8.62. The van der Waals surface area contributed by atoms with E-state index in [9.17, 15) is 13.2 Å². The number of nitrogens with one attached hydrogen (secondary N) is 1. The predicted octanol–water partition coefficient (Wildman–Crippen LogP) is 2.39. The van der Waals surface area contributed by atoms with Crippen LogP contribution in [-0.2, 0) is 19.6 Å². The van der Waals surface area contributed by atoms with E-state index in [1.165, 1.54) is 12.1 Å². The highest BCUT2D eigenvalue weighted by Crippen LogP contribution is 2.34. The number of carbonyl (C=O) groups excluding carboxylic acids is 1. The third-order valence-electron chi connectivity index (χ3n) is 4.43.